The summed E-state index contributed by atoms with van der Waals surface area (Å²) in [6, 6.07) is 0. The van der Waals surface area contributed by atoms with Crippen LogP contribution in [0.15, 0.2) is 134 Å². The molecule has 0 aliphatic heterocycles. The fourth-order valence-corrected chi connectivity index (χ4v) is 9.06. The lowest BCUT2D eigenvalue weighted by molar-refractivity contribution is -0.870. The molecule has 0 aliphatic carbocycles. The molecule has 456 valence electrons. The van der Waals surface area contributed by atoms with Gasteiger partial charge in [-0.25, -0.2) is 0 Å². The third-order valence-corrected chi connectivity index (χ3v) is 14.1. The fraction of sp³-hybridized carbons (Fsp3) is 0.657. The van der Waals surface area contributed by atoms with E-state index in [0.717, 1.165) is 103 Å². The lowest BCUT2D eigenvalue weighted by atomic mass is 10.0. The van der Waals surface area contributed by atoms with Gasteiger partial charge in [0.1, 0.15) is 19.8 Å². The number of carbonyl (C=O) groups excluding carboxylic acids is 2. The molecule has 0 saturated carbocycles. The summed E-state index contributed by atoms with van der Waals surface area (Å²) in [6.45, 7) is 3.96. The number of allylic oxidation sites excluding steroid dienone is 22. The van der Waals surface area contributed by atoms with Crippen molar-refractivity contribution in [3.05, 3.63) is 134 Å². The highest BCUT2D eigenvalue weighted by atomic mass is 31.2. The third-order valence-electron chi connectivity index (χ3n) is 13.2. The van der Waals surface area contributed by atoms with Crippen LogP contribution in [-0.2, 0) is 32.7 Å². The van der Waals surface area contributed by atoms with Gasteiger partial charge in [0, 0.05) is 12.8 Å². The molecule has 0 N–H and O–H groups in total. The number of hydrogen-bond acceptors (Lipinski definition) is 8. The first kappa shape index (κ1) is 76.1. The summed E-state index contributed by atoms with van der Waals surface area (Å²) in [5.74, 6) is -0.887. The second kappa shape index (κ2) is 59.8. The van der Waals surface area contributed by atoms with Gasteiger partial charge in [0.25, 0.3) is 7.82 Å². The van der Waals surface area contributed by atoms with Crippen LogP contribution in [0, 0.1) is 0 Å². The van der Waals surface area contributed by atoms with E-state index in [0.29, 0.717) is 17.4 Å². The number of esters is 2. The Morgan fingerprint density at radius 2 is 0.675 bits per heavy atom. The molecule has 80 heavy (non-hydrogen) atoms. The van der Waals surface area contributed by atoms with Crippen LogP contribution >= 0.6 is 7.82 Å². The molecule has 2 unspecified atom stereocenters. The number of rotatable bonds is 57. The van der Waals surface area contributed by atoms with E-state index in [1.807, 2.05) is 21.1 Å². The molecule has 0 aromatic heterocycles. The van der Waals surface area contributed by atoms with Crippen molar-refractivity contribution < 1.29 is 42.1 Å². The summed E-state index contributed by atoms with van der Waals surface area (Å²) in [7, 11) is 1.12. The molecule has 0 amide bonds. The molecular weight excluding hydrogens is 1010 g/mol. The van der Waals surface area contributed by atoms with Gasteiger partial charge in [0.2, 0.25) is 0 Å². The molecule has 0 bridgehead atoms. The van der Waals surface area contributed by atoms with Crippen LogP contribution < -0.4 is 4.89 Å². The van der Waals surface area contributed by atoms with Gasteiger partial charge >= 0.3 is 11.9 Å². The molecule has 0 radical (unpaired) electrons. The number of nitrogens with zero attached hydrogens (tertiary/aromatic N) is 1. The van der Waals surface area contributed by atoms with Gasteiger partial charge in [-0.1, -0.05) is 257 Å². The lowest BCUT2D eigenvalue weighted by Gasteiger charge is -2.28. The van der Waals surface area contributed by atoms with Crippen molar-refractivity contribution in [3.8, 4) is 0 Å². The number of likely N-dealkylation sites (N-methyl/N-ethyl adjacent to an activating group) is 1. The zero-order chi connectivity index (χ0) is 58.4. The Labute approximate surface area is 491 Å². The van der Waals surface area contributed by atoms with E-state index in [-0.39, 0.29) is 26.1 Å². The predicted octanol–water partition coefficient (Wildman–Crippen LogP) is 19.9. The van der Waals surface area contributed by atoms with E-state index in [1.165, 1.54) is 109 Å². The van der Waals surface area contributed by atoms with Gasteiger partial charge < -0.3 is 27.9 Å². The first-order chi connectivity index (χ1) is 39.0. The Kier molecular flexibility index (Phi) is 56.9. The van der Waals surface area contributed by atoms with E-state index in [1.54, 1.807) is 0 Å². The summed E-state index contributed by atoms with van der Waals surface area (Å²) in [5, 5.41) is 0. The van der Waals surface area contributed by atoms with E-state index in [4.69, 9.17) is 18.5 Å². The maximum atomic E-state index is 12.8. The van der Waals surface area contributed by atoms with Crippen molar-refractivity contribution >= 4 is 19.8 Å². The van der Waals surface area contributed by atoms with Crippen LogP contribution in [0.4, 0.5) is 0 Å². The van der Waals surface area contributed by atoms with Crippen LogP contribution in [0.3, 0.4) is 0 Å². The van der Waals surface area contributed by atoms with Crippen molar-refractivity contribution in [2.24, 2.45) is 0 Å². The van der Waals surface area contributed by atoms with Crippen LogP contribution in [0.5, 0.6) is 0 Å². The van der Waals surface area contributed by atoms with Crippen molar-refractivity contribution in [1.29, 1.82) is 0 Å². The second-order valence-electron chi connectivity index (χ2n) is 22.0. The van der Waals surface area contributed by atoms with E-state index >= 15 is 0 Å². The maximum Gasteiger partial charge on any atom is 0.306 e. The summed E-state index contributed by atoms with van der Waals surface area (Å²) < 4.78 is 34.2. The summed E-state index contributed by atoms with van der Waals surface area (Å²) in [6.07, 6.45) is 86.7. The van der Waals surface area contributed by atoms with Crippen molar-refractivity contribution in [1.82, 2.24) is 0 Å². The molecule has 0 rings (SSSR count). The SMILES string of the molecule is CC/C=C\C/C=C\C/C=C\C/C=C\C/C=C\C/C=C\CCCCC(=O)OC(COC(=O)CCCCCCCCCCCCCCCCCCCCC/C=C\C/C=C\C/C=C\C/C=C\C/C=C\CC)COP(=O)([O-])OCC[N+](C)(C)C. The quantitative estimate of drug-likeness (QED) is 0.0195. The van der Waals surface area contributed by atoms with Crippen molar-refractivity contribution in [2.75, 3.05) is 47.5 Å². The molecule has 0 fully saturated rings. The number of phosphoric acid groups is 1. The summed E-state index contributed by atoms with van der Waals surface area (Å²) in [5.41, 5.74) is 0. The van der Waals surface area contributed by atoms with E-state index in [2.05, 4.69) is 148 Å². The highest BCUT2D eigenvalue weighted by molar-refractivity contribution is 7.45. The minimum Gasteiger partial charge on any atom is -0.756 e. The number of hydrogen-bond donors (Lipinski definition) is 0. The van der Waals surface area contributed by atoms with Gasteiger partial charge in [0.15, 0.2) is 6.10 Å². The average Bonchev–Trinajstić information content (AvgIpc) is 3.42. The van der Waals surface area contributed by atoms with Gasteiger partial charge in [-0.05, 0) is 109 Å². The standard InChI is InChI=1S/C70H118NO8P/c1-6-8-10-12-14-16-18-20-22-24-26-28-29-30-31-32-33-34-35-36-37-38-39-40-41-43-44-46-48-50-52-54-56-58-60-62-69(72)76-66-68(67-78-80(74,75)77-65-64-71(3,4)5)79-70(73)63-61-59-57-55-53-51-49-47-45-42-27-25-23-21-19-17-15-13-11-9-7-2/h8-11,14-17,20-23,26-28,30-31,42,47,49,53,55,68H,6-7,12-13,18-19,24-25,29,32-41,43-46,48,50-52,54,56-67H2,1-5H3/b10-8-,11-9-,16-14-,17-15-,22-20-,23-21-,28-26-,31-30-,42-27-,49-47-,55-53-. The Bertz CT molecular complexity index is 1810. The lowest BCUT2D eigenvalue weighted by Crippen LogP contribution is -2.37. The average molecular weight is 1130 g/mol. The second-order valence-corrected chi connectivity index (χ2v) is 23.4. The first-order valence-corrected chi connectivity index (χ1v) is 33.4. The van der Waals surface area contributed by atoms with Crippen LogP contribution in [0.1, 0.15) is 245 Å². The van der Waals surface area contributed by atoms with E-state index in [9.17, 15) is 19.0 Å². The van der Waals surface area contributed by atoms with Gasteiger partial charge in [0.05, 0.1) is 27.7 Å². The summed E-state index contributed by atoms with van der Waals surface area (Å²) in [4.78, 5) is 37.9. The van der Waals surface area contributed by atoms with Gasteiger partial charge in [-0.3, -0.25) is 14.2 Å². The van der Waals surface area contributed by atoms with Crippen LogP contribution in [-0.4, -0.2) is 70.0 Å². The zero-order valence-electron chi connectivity index (χ0n) is 51.7. The minimum atomic E-state index is -4.66. The first-order valence-electron chi connectivity index (χ1n) is 31.9. The van der Waals surface area contributed by atoms with Crippen LogP contribution in [0.2, 0.25) is 0 Å². The number of ether oxygens (including phenoxy) is 2. The van der Waals surface area contributed by atoms with Gasteiger partial charge in [-0.15, -0.1) is 0 Å². The van der Waals surface area contributed by atoms with Crippen molar-refractivity contribution in [2.45, 2.75) is 251 Å². The van der Waals surface area contributed by atoms with E-state index < -0.39 is 32.5 Å². The Morgan fingerprint density at radius 1 is 0.388 bits per heavy atom. The third kappa shape index (κ3) is 63.3. The number of quaternary nitrogens is 1. The highest BCUT2D eigenvalue weighted by Crippen LogP contribution is 2.38. The fourth-order valence-electron chi connectivity index (χ4n) is 8.33. The van der Waals surface area contributed by atoms with Crippen molar-refractivity contribution in [3.63, 3.8) is 0 Å². The molecular formula is C70H118NO8P. The number of carbonyl (C=O) groups is 2. The summed E-state index contributed by atoms with van der Waals surface area (Å²) >= 11 is 0. The monoisotopic (exact) mass is 1130 g/mol. The molecule has 0 heterocycles. The van der Waals surface area contributed by atoms with Gasteiger partial charge in [-0.2, -0.15) is 0 Å². The predicted molar refractivity (Wildman–Crippen MR) is 341 cm³/mol. The smallest absolute Gasteiger partial charge is 0.306 e. The molecule has 0 saturated heterocycles. The molecule has 0 aromatic rings. The molecule has 2 atom stereocenters. The Morgan fingerprint density at radius 3 is 1.02 bits per heavy atom. The van der Waals surface area contributed by atoms with Crippen LogP contribution in [0.25, 0.3) is 0 Å². The molecule has 9 nitrogen and oxygen atoms in total. The topological polar surface area (TPSA) is 111 Å². The Balaban J connectivity index is 4.10. The Hall–Kier alpha value is -3.85. The maximum absolute atomic E-state index is 12.8. The molecule has 0 aliphatic rings. The zero-order valence-corrected chi connectivity index (χ0v) is 52.6. The minimum absolute atomic E-state index is 0.0451. The normalized spacial score (nSPS) is 14.1. The molecule has 0 aromatic carbocycles. The largest absolute Gasteiger partial charge is 0.756 e. The molecule has 0 spiro atoms. The number of phosphoric ester groups is 1. The molecule has 10 heteroatoms. The highest BCUT2D eigenvalue weighted by Gasteiger charge is 2.22. The number of unbranched alkanes of at least 4 members (excludes halogenated alkanes) is 21.